The van der Waals surface area contributed by atoms with Gasteiger partial charge in [0.25, 0.3) is 5.91 Å². The molecule has 6 N–H and O–H groups in total. The molecule has 1 fully saturated rings. The average molecular weight is 497 g/mol. The first-order valence-electron chi connectivity index (χ1n) is 12.1. The monoisotopic (exact) mass is 496 g/mol. The number of benzene rings is 3. The van der Waals surface area contributed by atoms with Crippen molar-refractivity contribution in [2.75, 3.05) is 11.9 Å². The van der Waals surface area contributed by atoms with Crippen LogP contribution in [-0.2, 0) is 11.3 Å². The summed E-state index contributed by atoms with van der Waals surface area (Å²) in [5, 5.41) is 15.3. The fourth-order valence-electron chi connectivity index (χ4n) is 3.90. The predicted octanol–water partition coefficient (Wildman–Crippen LogP) is 4.45. The highest BCUT2D eigenvalue weighted by Crippen LogP contribution is 2.31. The van der Waals surface area contributed by atoms with E-state index in [0.717, 1.165) is 29.3 Å². The molecule has 0 saturated heterocycles. The molecule has 0 spiro atoms. The second-order valence-corrected chi connectivity index (χ2v) is 8.97. The van der Waals surface area contributed by atoms with Crippen molar-refractivity contribution < 1.29 is 9.18 Å². The molecule has 0 aromatic heterocycles. The summed E-state index contributed by atoms with van der Waals surface area (Å²) in [5.74, 6) is -0.637. The predicted molar refractivity (Wildman–Crippen MR) is 143 cm³/mol. The van der Waals surface area contributed by atoms with Crippen molar-refractivity contribution in [3.05, 3.63) is 107 Å². The number of nitrogens with zero attached hydrogens (tertiary/aromatic N) is 2. The second-order valence-electron chi connectivity index (χ2n) is 8.97. The van der Waals surface area contributed by atoms with Gasteiger partial charge in [-0.05, 0) is 66.3 Å². The molecule has 1 aliphatic rings. The molecule has 1 atom stereocenters. The van der Waals surface area contributed by atoms with Crippen LogP contribution in [0.1, 0.15) is 35.6 Å². The van der Waals surface area contributed by atoms with E-state index in [-0.39, 0.29) is 23.1 Å². The van der Waals surface area contributed by atoms with Gasteiger partial charge >= 0.3 is 0 Å². The van der Waals surface area contributed by atoms with Crippen molar-refractivity contribution in [2.45, 2.75) is 25.4 Å². The fourth-order valence-corrected chi connectivity index (χ4v) is 3.90. The average Bonchev–Trinajstić information content (AvgIpc) is 3.75. The highest BCUT2D eigenvalue weighted by atomic mass is 19.1. The molecule has 0 heterocycles. The van der Waals surface area contributed by atoms with Gasteiger partial charge in [-0.15, -0.1) is 0 Å². The molecule has 37 heavy (non-hydrogen) atoms. The topological polar surface area (TPSA) is 129 Å². The van der Waals surface area contributed by atoms with Crippen LogP contribution in [0, 0.1) is 23.1 Å². The number of amides is 1. The lowest BCUT2D eigenvalue weighted by Gasteiger charge is -2.21. The number of allylic oxidation sites excluding steroid dienone is 1. The van der Waals surface area contributed by atoms with Crippen molar-refractivity contribution >= 4 is 23.0 Å². The Labute approximate surface area is 215 Å². The standard InChI is InChI=1S/C29H29FN6O/c30-25-12-11-22(28(34-18-19-9-10-19)21-6-2-1-3-7-21)14-26(25)36-29(37)27(15-23(33)17-32)35-24-8-4-5-20(13-24)16-31/h1-8,11-15,19,28,34H,9-10,16,18,31,33H2,(H,36,37). The SMILES string of the molecule is N#CC(N)=CC(=Nc1cccc(CN)c1)C(=O)Nc1cc(C(NCC2CC2)c2ccccc2)ccc1F. The van der Waals surface area contributed by atoms with Crippen molar-refractivity contribution in [3.8, 4) is 6.07 Å². The van der Waals surface area contributed by atoms with Crippen LogP contribution >= 0.6 is 0 Å². The minimum atomic E-state index is -0.699. The Morgan fingerprint density at radius 3 is 2.59 bits per heavy atom. The third kappa shape index (κ3) is 7.10. The molecule has 0 bridgehead atoms. The van der Waals surface area contributed by atoms with E-state index in [9.17, 15) is 9.18 Å². The molecule has 1 unspecified atom stereocenters. The number of hydrogen-bond donors (Lipinski definition) is 4. The van der Waals surface area contributed by atoms with Crippen LogP contribution in [0.2, 0.25) is 0 Å². The quantitative estimate of drug-likeness (QED) is 0.243. The normalized spacial score (nSPS) is 14.6. The van der Waals surface area contributed by atoms with Gasteiger partial charge in [0.2, 0.25) is 0 Å². The van der Waals surface area contributed by atoms with Crippen LogP contribution < -0.4 is 22.1 Å². The highest BCUT2D eigenvalue weighted by molar-refractivity contribution is 6.47. The molecule has 3 aromatic rings. The van der Waals surface area contributed by atoms with E-state index in [4.69, 9.17) is 16.7 Å². The van der Waals surface area contributed by atoms with Crippen LogP contribution in [0.4, 0.5) is 15.8 Å². The smallest absolute Gasteiger partial charge is 0.274 e. The summed E-state index contributed by atoms with van der Waals surface area (Å²) in [7, 11) is 0. The first kappa shape index (κ1) is 25.8. The van der Waals surface area contributed by atoms with Gasteiger partial charge in [-0.3, -0.25) is 4.79 Å². The number of halogens is 1. The first-order chi connectivity index (χ1) is 18.0. The molecule has 4 rings (SSSR count). The van der Waals surface area contributed by atoms with Gasteiger partial charge in [0.05, 0.1) is 17.4 Å². The van der Waals surface area contributed by atoms with E-state index in [1.807, 2.05) is 36.4 Å². The van der Waals surface area contributed by atoms with Crippen molar-refractivity contribution in [2.24, 2.45) is 22.4 Å². The number of nitrogens with one attached hydrogen (secondary N) is 2. The lowest BCUT2D eigenvalue weighted by atomic mass is 9.97. The zero-order valence-corrected chi connectivity index (χ0v) is 20.3. The number of anilines is 1. The van der Waals surface area contributed by atoms with Gasteiger partial charge in [0.1, 0.15) is 23.3 Å². The van der Waals surface area contributed by atoms with Gasteiger partial charge in [-0.1, -0.05) is 48.5 Å². The zero-order chi connectivity index (χ0) is 26.2. The minimum absolute atomic E-state index is 0.00370. The van der Waals surface area contributed by atoms with Gasteiger partial charge in [0, 0.05) is 12.6 Å². The van der Waals surface area contributed by atoms with E-state index in [1.165, 1.54) is 18.9 Å². The maximum atomic E-state index is 14.9. The highest BCUT2D eigenvalue weighted by Gasteiger charge is 2.24. The number of carbonyl (C=O) groups is 1. The Kier molecular flexibility index (Phi) is 8.41. The summed E-state index contributed by atoms with van der Waals surface area (Å²) in [6.45, 7) is 1.16. The molecule has 8 heteroatoms. The number of carbonyl (C=O) groups excluding carboxylic acids is 1. The molecule has 1 aliphatic carbocycles. The van der Waals surface area contributed by atoms with Gasteiger partial charge in [-0.2, -0.15) is 5.26 Å². The summed E-state index contributed by atoms with van der Waals surface area (Å²) in [6, 6.07) is 23.2. The summed E-state index contributed by atoms with van der Waals surface area (Å²) in [4.78, 5) is 17.5. The van der Waals surface area contributed by atoms with E-state index >= 15 is 0 Å². The third-order valence-corrected chi connectivity index (χ3v) is 6.06. The Hall–Kier alpha value is -4.32. The Morgan fingerprint density at radius 1 is 1.11 bits per heavy atom. The molecule has 7 nitrogen and oxygen atoms in total. The Bertz CT molecular complexity index is 1360. The summed E-state index contributed by atoms with van der Waals surface area (Å²) < 4.78 is 14.9. The Balaban J connectivity index is 1.64. The van der Waals surface area contributed by atoms with Crippen LogP contribution in [0.5, 0.6) is 0 Å². The van der Waals surface area contributed by atoms with Gasteiger partial charge < -0.3 is 22.1 Å². The van der Waals surface area contributed by atoms with E-state index < -0.39 is 11.7 Å². The number of hydrogen-bond acceptors (Lipinski definition) is 6. The van der Waals surface area contributed by atoms with Crippen molar-refractivity contribution in [1.29, 1.82) is 5.26 Å². The molecule has 3 aromatic carbocycles. The third-order valence-electron chi connectivity index (χ3n) is 6.06. The molecular weight excluding hydrogens is 467 g/mol. The first-order valence-corrected chi connectivity index (χ1v) is 12.1. The van der Waals surface area contributed by atoms with E-state index in [0.29, 0.717) is 18.2 Å². The Morgan fingerprint density at radius 2 is 1.89 bits per heavy atom. The van der Waals surface area contributed by atoms with Crippen LogP contribution in [0.25, 0.3) is 0 Å². The van der Waals surface area contributed by atoms with Crippen molar-refractivity contribution in [3.63, 3.8) is 0 Å². The molecule has 1 amide bonds. The van der Waals surface area contributed by atoms with Crippen LogP contribution in [-0.4, -0.2) is 18.2 Å². The molecule has 188 valence electrons. The van der Waals surface area contributed by atoms with E-state index in [1.54, 1.807) is 36.4 Å². The summed E-state index contributed by atoms with van der Waals surface area (Å²) in [5.41, 5.74) is 14.2. The maximum Gasteiger partial charge on any atom is 0.274 e. The summed E-state index contributed by atoms with van der Waals surface area (Å²) in [6.07, 6.45) is 3.57. The largest absolute Gasteiger partial charge is 0.390 e. The molecule has 1 saturated carbocycles. The second kappa shape index (κ2) is 12.1. The number of aliphatic imine (C=N–C) groups is 1. The summed E-state index contributed by atoms with van der Waals surface area (Å²) >= 11 is 0. The van der Waals surface area contributed by atoms with Gasteiger partial charge in [0.15, 0.2) is 0 Å². The number of rotatable bonds is 10. The van der Waals surface area contributed by atoms with Crippen molar-refractivity contribution in [1.82, 2.24) is 5.32 Å². The molecule has 0 radical (unpaired) electrons. The van der Waals surface area contributed by atoms with E-state index in [2.05, 4.69) is 15.6 Å². The number of nitriles is 1. The lowest BCUT2D eigenvalue weighted by molar-refractivity contribution is -0.110. The van der Waals surface area contributed by atoms with Gasteiger partial charge in [-0.25, -0.2) is 9.38 Å². The maximum absolute atomic E-state index is 14.9. The minimum Gasteiger partial charge on any atom is -0.390 e. The van der Waals surface area contributed by atoms with Crippen LogP contribution in [0.3, 0.4) is 0 Å². The fraction of sp³-hybridized carbons (Fsp3) is 0.207. The molecular formula is C29H29FN6O. The lowest BCUT2D eigenvalue weighted by Crippen LogP contribution is -2.26. The van der Waals surface area contributed by atoms with Crippen LogP contribution in [0.15, 0.2) is 89.6 Å². The number of nitrogens with two attached hydrogens (primary N) is 2. The zero-order valence-electron chi connectivity index (χ0n) is 20.3. The molecule has 0 aliphatic heterocycles.